The Kier molecular flexibility index (Phi) is 4.69. The molecule has 2 aromatic carbocycles. The van der Waals surface area contributed by atoms with E-state index in [1.807, 2.05) is 73.6 Å². The second-order valence-corrected chi connectivity index (χ2v) is 6.89. The molecule has 0 aliphatic carbocycles. The summed E-state index contributed by atoms with van der Waals surface area (Å²) in [7, 11) is 3.98. The molecule has 1 fully saturated rings. The highest BCUT2D eigenvalue weighted by Gasteiger charge is 2.31. The molecule has 1 heterocycles. The van der Waals surface area contributed by atoms with Gasteiger partial charge < -0.3 is 10.2 Å². The molecule has 1 N–H and O–H groups in total. The van der Waals surface area contributed by atoms with E-state index in [0.717, 1.165) is 21.4 Å². The zero-order valence-corrected chi connectivity index (χ0v) is 15.7. The topological polar surface area (TPSA) is 35.6 Å². The van der Waals surface area contributed by atoms with Crippen LogP contribution in [-0.4, -0.2) is 25.1 Å². The number of carbonyl (C=O) groups is 1. The fraction of sp³-hybridized carbons (Fsp3) is 0.111. The summed E-state index contributed by atoms with van der Waals surface area (Å²) >= 11 is 8.71. The Morgan fingerprint density at radius 1 is 1.08 bits per heavy atom. The zero-order valence-electron chi connectivity index (χ0n) is 13.3. The van der Waals surface area contributed by atoms with Crippen LogP contribution in [0, 0.1) is 0 Å². The minimum atomic E-state index is -0.154. The molecule has 0 saturated carbocycles. The molecule has 6 heteroatoms. The van der Waals surface area contributed by atoms with Gasteiger partial charge in [-0.2, -0.15) is 0 Å². The van der Waals surface area contributed by atoms with Gasteiger partial charge in [0.2, 0.25) is 0 Å². The molecular weight excluding hydrogens is 386 g/mol. The van der Waals surface area contributed by atoms with Crippen molar-refractivity contribution in [1.82, 2.24) is 5.32 Å². The monoisotopic (exact) mass is 401 g/mol. The first kappa shape index (κ1) is 16.7. The molecule has 0 atom stereocenters. The van der Waals surface area contributed by atoms with Crippen molar-refractivity contribution in [2.75, 3.05) is 23.9 Å². The van der Waals surface area contributed by atoms with Crippen molar-refractivity contribution in [1.29, 1.82) is 0 Å². The predicted octanol–water partition coefficient (Wildman–Crippen LogP) is 3.78. The van der Waals surface area contributed by atoms with E-state index >= 15 is 0 Å². The van der Waals surface area contributed by atoms with Gasteiger partial charge in [-0.05, 0) is 60.3 Å². The highest BCUT2D eigenvalue weighted by Crippen LogP contribution is 2.24. The zero-order chi connectivity index (χ0) is 17.3. The minimum absolute atomic E-state index is 0.154. The Hall–Kier alpha value is -2.18. The average molecular weight is 402 g/mol. The molecule has 1 aliphatic rings. The first-order valence-corrected chi connectivity index (χ1v) is 8.56. The molecule has 4 nitrogen and oxygen atoms in total. The van der Waals surface area contributed by atoms with Crippen LogP contribution in [0.25, 0.3) is 6.08 Å². The molecule has 0 aromatic heterocycles. The van der Waals surface area contributed by atoms with E-state index < -0.39 is 0 Å². The van der Waals surface area contributed by atoms with Crippen LogP contribution in [0.15, 0.2) is 58.7 Å². The van der Waals surface area contributed by atoms with Crippen LogP contribution in [0.2, 0.25) is 0 Å². The minimum Gasteiger partial charge on any atom is -0.378 e. The maximum absolute atomic E-state index is 12.7. The number of hydrogen-bond donors (Lipinski definition) is 1. The predicted molar refractivity (Wildman–Crippen MR) is 106 cm³/mol. The van der Waals surface area contributed by atoms with Crippen molar-refractivity contribution in [2.45, 2.75) is 0 Å². The van der Waals surface area contributed by atoms with E-state index in [4.69, 9.17) is 12.2 Å². The Labute approximate surface area is 154 Å². The lowest BCUT2D eigenvalue weighted by Crippen LogP contribution is -2.30. The molecular formula is C18H16BrN3OS. The van der Waals surface area contributed by atoms with Crippen molar-refractivity contribution in [3.8, 4) is 0 Å². The van der Waals surface area contributed by atoms with E-state index in [1.165, 1.54) is 4.90 Å². The van der Waals surface area contributed by atoms with Crippen LogP contribution in [0.3, 0.4) is 0 Å². The third kappa shape index (κ3) is 3.34. The first-order valence-electron chi connectivity index (χ1n) is 7.36. The van der Waals surface area contributed by atoms with Crippen LogP contribution in [0.1, 0.15) is 5.56 Å². The van der Waals surface area contributed by atoms with Crippen LogP contribution in [0.4, 0.5) is 11.4 Å². The smallest absolute Gasteiger partial charge is 0.281 e. The molecule has 1 amide bonds. The molecule has 1 aliphatic heterocycles. The van der Waals surface area contributed by atoms with Crippen molar-refractivity contribution >= 4 is 56.6 Å². The van der Waals surface area contributed by atoms with Gasteiger partial charge in [-0.3, -0.25) is 9.69 Å². The van der Waals surface area contributed by atoms with Crippen molar-refractivity contribution in [3.63, 3.8) is 0 Å². The molecule has 24 heavy (non-hydrogen) atoms. The first-order chi connectivity index (χ1) is 11.5. The van der Waals surface area contributed by atoms with Crippen molar-refractivity contribution < 1.29 is 4.79 Å². The van der Waals surface area contributed by atoms with E-state index in [0.29, 0.717) is 10.8 Å². The van der Waals surface area contributed by atoms with Gasteiger partial charge in [0.15, 0.2) is 5.11 Å². The standard InChI is InChI=1S/C18H16BrN3OS/c1-21(2)14-7-3-12(4-8-14)11-16-17(23)22(18(24)20-16)15-9-5-13(19)6-10-15/h3-11H,1-2H3,(H,20,24)/b16-11+. The van der Waals surface area contributed by atoms with Gasteiger partial charge >= 0.3 is 0 Å². The van der Waals surface area contributed by atoms with Crippen LogP contribution in [-0.2, 0) is 4.79 Å². The number of rotatable bonds is 3. The summed E-state index contributed by atoms with van der Waals surface area (Å²) in [6.07, 6.45) is 1.81. The van der Waals surface area contributed by atoms with Gasteiger partial charge in [-0.15, -0.1) is 0 Å². The summed E-state index contributed by atoms with van der Waals surface area (Å²) in [4.78, 5) is 16.2. The quantitative estimate of drug-likeness (QED) is 0.626. The fourth-order valence-corrected chi connectivity index (χ4v) is 2.96. The number of halogens is 1. The van der Waals surface area contributed by atoms with Crippen molar-refractivity contribution in [3.05, 3.63) is 64.3 Å². The highest BCUT2D eigenvalue weighted by atomic mass is 79.9. The normalized spacial score (nSPS) is 15.8. The molecule has 0 bridgehead atoms. The second-order valence-electron chi connectivity index (χ2n) is 5.59. The second kappa shape index (κ2) is 6.75. The maximum atomic E-state index is 12.7. The summed E-state index contributed by atoms with van der Waals surface area (Å²) < 4.78 is 0.952. The average Bonchev–Trinajstić information content (AvgIpc) is 2.83. The maximum Gasteiger partial charge on any atom is 0.281 e. The number of thiocarbonyl (C=S) groups is 1. The number of carbonyl (C=O) groups excluding carboxylic acids is 1. The van der Waals surface area contributed by atoms with Gasteiger partial charge in [-0.1, -0.05) is 28.1 Å². The van der Waals surface area contributed by atoms with Gasteiger partial charge in [0.25, 0.3) is 5.91 Å². The van der Waals surface area contributed by atoms with Gasteiger partial charge in [0.05, 0.1) is 5.69 Å². The fourth-order valence-electron chi connectivity index (χ4n) is 2.40. The van der Waals surface area contributed by atoms with E-state index in [1.54, 1.807) is 0 Å². The summed E-state index contributed by atoms with van der Waals surface area (Å²) in [5.74, 6) is -0.154. The van der Waals surface area contributed by atoms with Gasteiger partial charge in [-0.25, -0.2) is 0 Å². The number of benzene rings is 2. The summed E-state index contributed by atoms with van der Waals surface area (Å²) in [6, 6.07) is 15.4. The Morgan fingerprint density at radius 3 is 2.29 bits per heavy atom. The third-order valence-corrected chi connectivity index (χ3v) is 4.50. The lowest BCUT2D eigenvalue weighted by molar-refractivity contribution is -0.113. The Bertz CT molecular complexity index is 813. The Balaban J connectivity index is 1.86. The van der Waals surface area contributed by atoms with E-state index in [2.05, 4.69) is 21.2 Å². The molecule has 122 valence electrons. The molecule has 1 saturated heterocycles. The number of amides is 1. The number of hydrogen-bond acceptors (Lipinski definition) is 3. The molecule has 0 unspecified atom stereocenters. The van der Waals surface area contributed by atoms with E-state index in [9.17, 15) is 4.79 Å². The number of nitrogens with one attached hydrogen (secondary N) is 1. The lowest BCUT2D eigenvalue weighted by atomic mass is 10.1. The van der Waals surface area contributed by atoms with Crippen LogP contribution >= 0.6 is 28.1 Å². The van der Waals surface area contributed by atoms with Gasteiger partial charge in [0, 0.05) is 24.3 Å². The van der Waals surface area contributed by atoms with Crippen molar-refractivity contribution in [2.24, 2.45) is 0 Å². The summed E-state index contributed by atoms with van der Waals surface area (Å²) in [5.41, 5.74) is 3.26. The largest absolute Gasteiger partial charge is 0.378 e. The number of nitrogens with zero attached hydrogens (tertiary/aromatic N) is 2. The van der Waals surface area contributed by atoms with Gasteiger partial charge in [0.1, 0.15) is 5.70 Å². The van der Waals surface area contributed by atoms with Crippen LogP contribution < -0.4 is 15.1 Å². The summed E-state index contributed by atoms with van der Waals surface area (Å²) in [5, 5.41) is 3.39. The summed E-state index contributed by atoms with van der Waals surface area (Å²) in [6.45, 7) is 0. The Morgan fingerprint density at radius 2 is 1.71 bits per heavy atom. The molecule has 3 rings (SSSR count). The lowest BCUT2D eigenvalue weighted by Gasteiger charge is -2.13. The van der Waals surface area contributed by atoms with E-state index in [-0.39, 0.29) is 5.91 Å². The third-order valence-electron chi connectivity index (χ3n) is 3.68. The molecule has 0 spiro atoms. The molecule has 2 aromatic rings. The SMILES string of the molecule is CN(C)c1ccc(/C=C2/NC(=S)N(c3ccc(Br)cc3)C2=O)cc1. The van der Waals surface area contributed by atoms with Crippen LogP contribution in [0.5, 0.6) is 0 Å². The number of anilines is 2. The molecule has 0 radical (unpaired) electrons. The highest BCUT2D eigenvalue weighted by molar-refractivity contribution is 9.10.